The van der Waals surface area contributed by atoms with Gasteiger partial charge in [0.15, 0.2) is 6.07 Å². The molecule has 0 radical (unpaired) electrons. The summed E-state index contributed by atoms with van der Waals surface area (Å²) in [5.74, 6) is 0.341. The van der Waals surface area contributed by atoms with Crippen LogP contribution < -0.4 is 4.90 Å². The molecule has 0 aliphatic carbocycles. The van der Waals surface area contributed by atoms with Crippen molar-refractivity contribution in [2.45, 2.75) is 0 Å². The lowest BCUT2D eigenvalue weighted by Crippen LogP contribution is -2.07. The number of nitrogens with zero attached hydrogens (tertiary/aromatic N) is 4. The first-order valence-electron chi connectivity index (χ1n) is 4.72. The second-order valence-corrected chi connectivity index (χ2v) is 3.47. The Bertz CT molecular complexity index is 522. The van der Waals surface area contributed by atoms with Crippen LogP contribution in [0, 0.1) is 11.3 Å². The Hall–Kier alpha value is -2.35. The van der Waals surface area contributed by atoms with Gasteiger partial charge in [-0.1, -0.05) is 5.10 Å². The number of nitriles is 1. The first-order valence-corrected chi connectivity index (χ1v) is 4.72. The number of hydrogen-bond acceptors (Lipinski definition) is 5. The lowest BCUT2D eigenvalue weighted by atomic mass is 10.2. The molecule has 80 valence electrons. The van der Waals surface area contributed by atoms with E-state index in [0.29, 0.717) is 5.89 Å². The highest BCUT2D eigenvalue weighted by molar-refractivity contribution is 5.58. The van der Waals surface area contributed by atoms with Gasteiger partial charge in [-0.15, -0.1) is 5.10 Å². The van der Waals surface area contributed by atoms with E-state index in [4.69, 9.17) is 9.68 Å². The van der Waals surface area contributed by atoms with E-state index in [1.165, 1.54) is 0 Å². The van der Waals surface area contributed by atoms with E-state index in [-0.39, 0.29) is 5.89 Å². The summed E-state index contributed by atoms with van der Waals surface area (Å²) in [5, 5.41) is 15.9. The minimum atomic E-state index is -0.0216. The fourth-order valence-electron chi connectivity index (χ4n) is 1.29. The molecule has 0 atom stereocenters. The third-order valence-corrected chi connectivity index (χ3v) is 2.15. The lowest BCUT2D eigenvalue weighted by molar-refractivity contribution is 0.553. The van der Waals surface area contributed by atoms with Gasteiger partial charge in [0.25, 0.3) is 0 Å². The highest BCUT2D eigenvalue weighted by Crippen LogP contribution is 2.20. The van der Waals surface area contributed by atoms with Crippen LogP contribution in [0.25, 0.3) is 11.5 Å². The van der Waals surface area contributed by atoms with Gasteiger partial charge in [0.05, 0.1) is 0 Å². The van der Waals surface area contributed by atoms with Crippen molar-refractivity contribution in [3.63, 3.8) is 0 Å². The largest absolute Gasteiger partial charge is 0.408 e. The summed E-state index contributed by atoms with van der Waals surface area (Å²) in [6.45, 7) is 0. The Kier molecular flexibility index (Phi) is 2.56. The predicted molar refractivity (Wildman–Crippen MR) is 58.8 cm³/mol. The Morgan fingerprint density at radius 2 is 1.88 bits per heavy atom. The van der Waals surface area contributed by atoms with E-state index in [1.54, 1.807) is 6.07 Å². The molecule has 2 rings (SSSR count). The van der Waals surface area contributed by atoms with Crippen LogP contribution in [-0.4, -0.2) is 24.3 Å². The van der Waals surface area contributed by atoms with Gasteiger partial charge in [-0.3, -0.25) is 0 Å². The van der Waals surface area contributed by atoms with Crippen LogP contribution in [0.5, 0.6) is 0 Å². The quantitative estimate of drug-likeness (QED) is 0.760. The summed E-state index contributed by atoms with van der Waals surface area (Å²) < 4.78 is 5.12. The summed E-state index contributed by atoms with van der Waals surface area (Å²) in [4.78, 5) is 2.00. The lowest BCUT2D eigenvalue weighted by Gasteiger charge is -2.11. The molecule has 0 N–H and O–H groups in total. The summed E-state index contributed by atoms with van der Waals surface area (Å²) in [6, 6.07) is 9.46. The van der Waals surface area contributed by atoms with Crippen LogP contribution in [0.2, 0.25) is 0 Å². The minimum absolute atomic E-state index is 0.0216. The van der Waals surface area contributed by atoms with Crippen molar-refractivity contribution in [1.82, 2.24) is 10.2 Å². The Morgan fingerprint density at radius 1 is 1.19 bits per heavy atom. The van der Waals surface area contributed by atoms with Crippen LogP contribution in [0.3, 0.4) is 0 Å². The Morgan fingerprint density at radius 3 is 2.38 bits per heavy atom. The zero-order chi connectivity index (χ0) is 11.5. The minimum Gasteiger partial charge on any atom is -0.408 e. The first-order chi connectivity index (χ1) is 7.70. The number of hydrogen-bond donors (Lipinski definition) is 0. The van der Waals surface area contributed by atoms with Crippen LogP contribution in [0.15, 0.2) is 28.7 Å². The third kappa shape index (κ3) is 1.86. The van der Waals surface area contributed by atoms with Crippen molar-refractivity contribution in [2.75, 3.05) is 19.0 Å². The van der Waals surface area contributed by atoms with E-state index in [9.17, 15) is 0 Å². The van der Waals surface area contributed by atoms with Crippen molar-refractivity contribution >= 4 is 5.69 Å². The Balaban J connectivity index is 2.31. The molecule has 0 aliphatic heterocycles. The molecule has 0 unspecified atom stereocenters. The van der Waals surface area contributed by atoms with Gasteiger partial charge in [-0.05, 0) is 24.3 Å². The van der Waals surface area contributed by atoms with Crippen molar-refractivity contribution in [2.24, 2.45) is 0 Å². The van der Waals surface area contributed by atoms with Crippen molar-refractivity contribution in [3.05, 3.63) is 30.2 Å². The number of anilines is 1. The molecular formula is C11H10N4O. The Labute approximate surface area is 92.9 Å². The van der Waals surface area contributed by atoms with Crippen LogP contribution in [0.4, 0.5) is 5.69 Å². The van der Waals surface area contributed by atoms with Crippen molar-refractivity contribution in [1.29, 1.82) is 5.26 Å². The summed E-state index contributed by atoms with van der Waals surface area (Å²) in [7, 11) is 3.94. The first kappa shape index (κ1) is 10.2. The predicted octanol–water partition coefficient (Wildman–Crippen LogP) is 1.67. The average Bonchev–Trinajstić information content (AvgIpc) is 2.77. The smallest absolute Gasteiger partial charge is 0.321 e. The van der Waals surface area contributed by atoms with E-state index >= 15 is 0 Å². The third-order valence-electron chi connectivity index (χ3n) is 2.15. The highest BCUT2D eigenvalue weighted by Gasteiger charge is 2.07. The molecule has 0 amide bonds. The molecule has 0 saturated carbocycles. The molecule has 0 fully saturated rings. The van der Waals surface area contributed by atoms with E-state index in [2.05, 4.69) is 10.2 Å². The van der Waals surface area contributed by atoms with E-state index < -0.39 is 0 Å². The average molecular weight is 214 g/mol. The topological polar surface area (TPSA) is 66.0 Å². The maximum Gasteiger partial charge on any atom is 0.321 e. The van der Waals surface area contributed by atoms with Crippen LogP contribution in [-0.2, 0) is 0 Å². The molecule has 0 spiro atoms. The fraction of sp³-hybridized carbons (Fsp3) is 0.182. The second kappa shape index (κ2) is 4.03. The molecular weight excluding hydrogens is 204 g/mol. The molecule has 0 aliphatic rings. The zero-order valence-electron chi connectivity index (χ0n) is 9.01. The maximum absolute atomic E-state index is 8.56. The number of aromatic nitrogens is 2. The monoisotopic (exact) mass is 214 g/mol. The molecule has 1 aromatic heterocycles. The molecule has 0 saturated heterocycles. The fourth-order valence-corrected chi connectivity index (χ4v) is 1.29. The summed E-state index contributed by atoms with van der Waals surface area (Å²) >= 11 is 0. The van der Waals surface area contributed by atoms with Gasteiger partial charge in [0.1, 0.15) is 0 Å². The zero-order valence-corrected chi connectivity index (χ0v) is 9.01. The van der Waals surface area contributed by atoms with E-state index in [1.807, 2.05) is 43.3 Å². The van der Waals surface area contributed by atoms with Crippen molar-refractivity contribution in [3.8, 4) is 17.5 Å². The van der Waals surface area contributed by atoms with Gasteiger partial charge in [-0.25, -0.2) is 0 Å². The van der Waals surface area contributed by atoms with Gasteiger partial charge in [0, 0.05) is 25.3 Å². The summed E-state index contributed by atoms with van der Waals surface area (Å²) in [6.07, 6.45) is 0. The van der Waals surface area contributed by atoms with Crippen LogP contribution >= 0.6 is 0 Å². The number of rotatable bonds is 2. The maximum atomic E-state index is 8.56. The SMILES string of the molecule is CN(C)c1ccc(-c2nnc(C#N)o2)cc1. The van der Waals surface area contributed by atoms with Crippen molar-refractivity contribution < 1.29 is 4.42 Å². The number of benzene rings is 1. The highest BCUT2D eigenvalue weighted by atomic mass is 16.4. The second-order valence-electron chi connectivity index (χ2n) is 3.47. The molecule has 1 aromatic carbocycles. The standard InChI is InChI=1S/C11H10N4O/c1-15(2)9-5-3-8(4-6-9)11-14-13-10(7-12)16-11/h3-6H,1-2H3. The normalized spacial score (nSPS) is 9.81. The van der Waals surface area contributed by atoms with Gasteiger partial charge in [0.2, 0.25) is 5.89 Å². The molecule has 5 nitrogen and oxygen atoms in total. The van der Waals surface area contributed by atoms with Crippen LogP contribution in [0.1, 0.15) is 5.89 Å². The molecule has 5 heteroatoms. The van der Waals surface area contributed by atoms with Gasteiger partial charge >= 0.3 is 5.89 Å². The summed E-state index contributed by atoms with van der Waals surface area (Å²) in [5.41, 5.74) is 1.89. The molecule has 0 bridgehead atoms. The van der Waals surface area contributed by atoms with Gasteiger partial charge in [-0.2, -0.15) is 5.26 Å². The molecule has 2 aromatic rings. The van der Waals surface area contributed by atoms with Gasteiger partial charge < -0.3 is 9.32 Å². The molecule has 1 heterocycles. The van der Waals surface area contributed by atoms with E-state index in [0.717, 1.165) is 11.3 Å². The molecule has 16 heavy (non-hydrogen) atoms.